The van der Waals surface area contributed by atoms with Gasteiger partial charge in [-0.2, -0.15) is 5.26 Å². The number of carbonyl (C=O) groups excluding carboxylic acids is 1. The molecular formula is C26H21N5O3. The number of carbonyl (C=O) groups is 1. The number of nitrogens with two attached hydrogens (primary N) is 1. The molecule has 2 heterocycles. The summed E-state index contributed by atoms with van der Waals surface area (Å²) in [5.74, 6) is 1.76. The Kier molecular flexibility index (Phi) is 6.96. The monoisotopic (exact) mass is 451 g/mol. The quantitative estimate of drug-likeness (QED) is 0.411. The number of nitrogens with one attached hydrogen (secondary N) is 1. The number of rotatable bonds is 8. The molecule has 3 N–H and O–H groups in total. The number of hydrogen-bond acceptors (Lipinski definition) is 7. The standard InChI is InChI=1S/C26H21N5O3/c27-14-18-2-1-3-20(12-18)17-33-22-5-7-23(8-6-22)34-25-9-4-21(16-30-25)26(32)31-15-19-10-11-29-24(28)13-19/h1-13,16H,15,17H2,(H2,28,29)(H,31,32). The van der Waals surface area contributed by atoms with Crippen molar-refractivity contribution in [3.8, 4) is 23.4 Å². The van der Waals surface area contributed by atoms with Crippen molar-refractivity contribution in [1.29, 1.82) is 5.26 Å². The summed E-state index contributed by atoms with van der Waals surface area (Å²) in [6.07, 6.45) is 3.05. The molecule has 0 spiro atoms. The molecule has 4 rings (SSSR count). The molecule has 0 radical (unpaired) electrons. The molecule has 4 aromatic rings. The first-order valence-corrected chi connectivity index (χ1v) is 10.4. The Morgan fingerprint density at radius 1 is 0.971 bits per heavy atom. The van der Waals surface area contributed by atoms with Crippen molar-refractivity contribution < 1.29 is 14.3 Å². The summed E-state index contributed by atoms with van der Waals surface area (Å²) in [6, 6.07) is 23.3. The highest BCUT2D eigenvalue weighted by Gasteiger charge is 2.08. The van der Waals surface area contributed by atoms with Crippen LogP contribution in [0.2, 0.25) is 0 Å². The molecule has 168 valence electrons. The number of ether oxygens (including phenoxy) is 2. The molecule has 0 unspecified atom stereocenters. The van der Waals surface area contributed by atoms with Gasteiger partial charge in [-0.15, -0.1) is 0 Å². The maximum Gasteiger partial charge on any atom is 0.253 e. The molecule has 0 aliphatic rings. The third-order valence-electron chi connectivity index (χ3n) is 4.80. The van der Waals surface area contributed by atoms with Gasteiger partial charge in [0.25, 0.3) is 5.91 Å². The lowest BCUT2D eigenvalue weighted by atomic mass is 10.1. The molecular weight excluding hydrogens is 430 g/mol. The summed E-state index contributed by atoms with van der Waals surface area (Å²) in [7, 11) is 0. The minimum absolute atomic E-state index is 0.253. The lowest BCUT2D eigenvalue weighted by molar-refractivity contribution is 0.0950. The lowest BCUT2D eigenvalue weighted by Crippen LogP contribution is -2.23. The van der Waals surface area contributed by atoms with Gasteiger partial charge in [0.2, 0.25) is 5.88 Å². The second kappa shape index (κ2) is 10.6. The molecule has 8 heteroatoms. The summed E-state index contributed by atoms with van der Waals surface area (Å²) >= 11 is 0. The van der Waals surface area contributed by atoms with E-state index in [0.29, 0.717) is 47.5 Å². The van der Waals surface area contributed by atoms with Crippen LogP contribution in [0.3, 0.4) is 0 Å². The van der Waals surface area contributed by atoms with Crippen LogP contribution >= 0.6 is 0 Å². The Morgan fingerprint density at radius 2 is 1.79 bits per heavy atom. The zero-order valence-corrected chi connectivity index (χ0v) is 18.1. The van der Waals surface area contributed by atoms with Crippen LogP contribution in [0, 0.1) is 11.3 Å². The van der Waals surface area contributed by atoms with Crippen LogP contribution in [0.1, 0.15) is 27.0 Å². The Hall–Kier alpha value is -4.90. The fraction of sp³-hybridized carbons (Fsp3) is 0.0769. The molecule has 1 amide bonds. The van der Waals surface area contributed by atoms with Crippen molar-refractivity contribution in [3.63, 3.8) is 0 Å². The van der Waals surface area contributed by atoms with Crippen LogP contribution in [0.5, 0.6) is 17.4 Å². The number of pyridine rings is 2. The van der Waals surface area contributed by atoms with E-state index in [-0.39, 0.29) is 5.91 Å². The van der Waals surface area contributed by atoms with Crippen molar-refractivity contribution in [2.45, 2.75) is 13.2 Å². The number of benzene rings is 2. The van der Waals surface area contributed by atoms with E-state index < -0.39 is 0 Å². The van der Waals surface area contributed by atoms with Gasteiger partial charge in [0.15, 0.2) is 0 Å². The van der Waals surface area contributed by atoms with Gasteiger partial charge in [0.1, 0.15) is 23.9 Å². The molecule has 34 heavy (non-hydrogen) atoms. The number of nitrogen functional groups attached to an aromatic ring is 1. The molecule has 0 aliphatic heterocycles. The summed E-state index contributed by atoms with van der Waals surface area (Å²) in [5, 5.41) is 11.8. The van der Waals surface area contributed by atoms with E-state index in [0.717, 1.165) is 11.1 Å². The zero-order valence-electron chi connectivity index (χ0n) is 18.1. The number of nitrogens with zero attached hydrogens (tertiary/aromatic N) is 3. The van der Waals surface area contributed by atoms with Crippen molar-refractivity contribution in [1.82, 2.24) is 15.3 Å². The van der Waals surface area contributed by atoms with Crippen LogP contribution in [0.15, 0.2) is 85.2 Å². The predicted molar refractivity (Wildman–Crippen MR) is 126 cm³/mol. The fourth-order valence-corrected chi connectivity index (χ4v) is 3.09. The topological polar surface area (TPSA) is 123 Å². The van der Waals surface area contributed by atoms with Gasteiger partial charge in [0.05, 0.1) is 17.2 Å². The predicted octanol–water partition coefficient (Wildman–Crippen LogP) is 4.23. The summed E-state index contributed by atoms with van der Waals surface area (Å²) in [4.78, 5) is 20.5. The summed E-state index contributed by atoms with van der Waals surface area (Å²) in [6.45, 7) is 0.692. The third-order valence-corrected chi connectivity index (χ3v) is 4.80. The second-order valence-corrected chi connectivity index (χ2v) is 7.33. The average Bonchev–Trinajstić information content (AvgIpc) is 2.87. The molecule has 0 saturated carbocycles. The Morgan fingerprint density at radius 3 is 2.53 bits per heavy atom. The van der Waals surface area contributed by atoms with E-state index >= 15 is 0 Å². The second-order valence-electron chi connectivity index (χ2n) is 7.33. The SMILES string of the molecule is N#Cc1cccc(COc2ccc(Oc3ccc(C(=O)NCc4ccnc(N)c4)cn3)cc2)c1. The lowest BCUT2D eigenvalue weighted by Gasteiger charge is -2.09. The van der Waals surface area contributed by atoms with Gasteiger partial charge in [0, 0.05) is 25.0 Å². The Bertz CT molecular complexity index is 1320. The van der Waals surface area contributed by atoms with Crippen LogP contribution < -0.4 is 20.5 Å². The molecule has 2 aromatic carbocycles. The zero-order chi connectivity index (χ0) is 23.8. The molecule has 0 bridgehead atoms. The highest BCUT2D eigenvalue weighted by atomic mass is 16.5. The third kappa shape index (κ3) is 6.08. The average molecular weight is 451 g/mol. The largest absolute Gasteiger partial charge is 0.489 e. The van der Waals surface area contributed by atoms with E-state index in [1.807, 2.05) is 12.1 Å². The van der Waals surface area contributed by atoms with Gasteiger partial charge in [-0.25, -0.2) is 9.97 Å². The van der Waals surface area contributed by atoms with Gasteiger partial charge in [-0.1, -0.05) is 12.1 Å². The molecule has 0 fully saturated rings. The van der Waals surface area contributed by atoms with Crippen LogP contribution in [-0.4, -0.2) is 15.9 Å². The van der Waals surface area contributed by atoms with Crippen LogP contribution in [0.25, 0.3) is 0 Å². The maximum atomic E-state index is 12.3. The van der Waals surface area contributed by atoms with E-state index in [1.54, 1.807) is 66.9 Å². The van der Waals surface area contributed by atoms with Crippen molar-refractivity contribution in [2.75, 3.05) is 5.73 Å². The minimum atomic E-state index is -0.253. The first kappa shape index (κ1) is 22.3. The number of nitriles is 1. The molecule has 8 nitrogen and oxygen atoms in total. The summed E-state index contributed by atoms with van der Waals surface area (Å²) in [5.41, 5.74) is 8.43. The van der Waals surface area contributed by atoms with E-state index in [4.69, 9.17) is 20.5 Å². The number of aromatic nitrogens is 2. The summed E-state index contributed by atoms with van der Waals surface area (Å²) < 4.78 is 11.5. The van der Waals surface area contributed by atoms with Gasteiger partial charge >= 0.3 is 0 Å². The van der Waals surface area contributed by atoms with Gasteiger partial charge in [-0.05, 0) is 65.7 Å². The van der Waals surface area contributed by atoms with Crippen molar-refractivity contribution in [2.24, 2.45) is 0 Å². The van der Waals surface area contributed by atoms with Crippen LogP contribution in [0.4, 0.5) is 5.82 Å². The van der Waals surface area contributed by atoms with E-state index in [2.05, 4.69) is 21.4 Å². The number of anilines is 1. The maximum absolute atomic E-state index is 12.3. The van der Waals surface area contributed by atoms with E-state index in [9.17, 15) is 4.79 Å². The molecule has 0 atom stereocenters. The highest BCUT2D eigenvalue weighted by molar-refractivity contribution is 5.93. The highest BCUT2D eigenvalue weighted by Crippen LogP contribution is 2.23. The number of amides is 1. The fourth-order valence-electron chi connectivity index (χ4n) is 3.09. The Balaban J connectivity index is 1.28. The van der Waals surface area contributed by atoms with Crippen LogP contribution in [-0.2, 0) is 13.2 Å². The Labute approximate surface area is 196 Å². The molecule has 2 aromatic heterocycles. The smallest absolute Gasteiger partial charge is 0.253 e. The van der Waals surface area contributed by atoms with Gasteiger partial charge in [-0.3, -0.25) is 4.79 Å². The first-order chi connectivity index (χ1) is 16.6. The normalized spacial score (nSPS) is 10.2. The molecule has 0 saturated heterocycles. The van der Waals surface area contributed by atoms with Crippen molar-refractivity contribution >= 4 is 11.7 Å². The number of hydrogen-bond donors (Lipinski definition) is 2. The minimum Gasteiger partial charge on any atom is -0.489 e. The first-order valence-electron chi connectivity index (χ1n) is 10.4. The van der Waals surface area contributed by atoms with Gasteiger partial charge < -0.3 is 20.5 Å². The molecule has 0 aliphatic carbocycles. The van der Waals surface area contributed by atoms with Crippen molar-refractivity contribution in [3.05, 3.63) is 107 Å². The van der Waals surface area contributed by atoms with E-state index in [1.165, 1.54) is 6.20 Å².